The molecule has 19 heavy (non-hydrogen) atoms. The summed E-state index contributed by atoms with van der Waals surface area (Å²) in [6.07, 6.45) is 1.46. The third-order valence-electron chi connectivity index (χ3n) is 2.70. The van der Waals surface area contributed by atoms with Gasteiger partial charge < -0.3 is 19.6 Å². The topological polar surface area (TPSA) is 71.7 Å². The van der Waals surface area contributed by atoms with Crippen LogP contribution in [0.4, 0.5) is 0 Å². The Kier molecular flexibility index (Phi) is 4.20. The number of carbonyl (C=O) groups excluding carboxylic acids is 1. The van der Waals surface area contributed by atoms with Crippen LogP contribution in [0.5, 0.6) is 5.75 Å². The second-order valence-corrected chi connectivity index (χ2v) is 4.04. The first-order valence-corrected chi connectivity index (χ1v) is 5.84. The van der Waals surface area contributed by atoms with Gasteiger partial charge in [-0.15, -0.1) is 0 Å². The van der Waals surface area contributed by atoms with Gasteiger partial charge in [0.15, 0.2) is 0 Å². The van der Waals surface area contributed by atoms with Crippen molar-refractivity contribution in [2.45, 2.75) is 13.1 Å². The van der Waals surface area contributed by atoms with Crippen LogP contribution in [-0.4, -0.2) is 18.2 Å². The molecule has 0 bridgehead atoms. The van der Waals surface area contributed by atoms with E-state index in [2.05, 4.69) is 10.1 Å². The second kappa shape index (κ2) is 6.06. The molecule has 0 saturated carbocycles. The molecule has 100 valence electrons. The predicted octanol–water partition coefficient (Wildman–Crippen LogP) is 2.06. The van der Waals surface area contributed by atoms with Gasteiger partial charge in [0, 0.05) is 18.7 Å². The van der Waals surface area contributed by atoms with Crippen LogP contribution in [-0.2, 0) is 17.8 Å². The Balaban J connectivity index is 1.91. The van der Waals surface area contributed by atoms with Crippen molar-refractivity contribution in [2.24, 2.45) is 0 Å². The van der Waals surface area contributed by atoms with E-state index in [1.165, 1.54) is 13.4 Å². The van der Waals surface area contributed by atoms with Crippen LogP contribution < -0.4 is 5.32 Å². The molecule has 0 saturated heterocycles. The van der Waals surface area contributed by atoms with Crippen LogP contribution in [0, 0.1) is 0 Å². The Morgan fingerprint density at radius 3 is 2.68 bits per heavy atom. The number of hydrogen-bond acceptors (Lipinski definition) is 5. The van der Waals surface area contributed by atoms with Crippen LogP contribution in [0.2, 0.25) is 0 Å². The maximum Gasteiger partial charge on any atom is 0.374 e. The number of ether oxygens (including phenoxy) is 1. The number of furan rings is 1. The first-order valence-electron chi connectivity index (χ1n) is 5.84. The summed E-state index contributed by atoms with van der Waals surface area (Å²) in [5.74, 6) is -0.0151. The number of hydrogen-bond donors (Lipinski definition) is 2. The summed E-state index contributed by atoms with van der Waals surface area (Å²) in [7, 11) is 1.32. The fraction of sp³-hybridized carbons (Fsp3) is 0.214. The highest BCUT2D eigenvalue weighted by molar-refractivity contribution is 5.87. The largest absolute Gasteiger partial charge is 0.508 e. The number of aromatic hydroxyl groups is 1. The molecule has 5 nitrogen and oxygen atoms in total. The number of esters is 1. The Morgan fingerprint density at radius 1 is 1.26 bits per heavy atom. The molecule has 5 heteroatoms. The summed E-state index contributed by atoms with van der Waals surface area (Å²) in [6, 6.07) is 8.66. The summed E-state index contributed by atoms with van der Waals surface area (Å²) < 4.78 is 9.71. The zero-order chi connectivity index (χ0) is 13.7. The van der Waals surface area contributed by atoms with Gasteiger partial charge in [-0.3, -0.25) is 0 Å². The highest BCUT2D eigenvalue weighted by Crippen LogP contribution is 2.13. The Bertz CT molecular complexity index is 545. The number of phenols is 1. The maximum absolute atomic E-state index is 11.4. The number of methoxy groups -OCH3 is 1. The van der Waals surface area contributed by atoms with Crippen LogP contribution >= 0.6 is 0 Å². The van der Waals surface area contributed by atoms with Crippen LogP contribution in [0.1, 0.15) is 21.7 Å². The van der Waals surface area contributed by atoms with E-state index in [9.17, 15) is 9.90 Å². The minimum atomic E-state index is -0.480. The number of carbonyl (C=O) groups is 1. The van der Waals surface area contributed by atoms with Crippen LogP contribution in [0.3, 0.4) is 0 Å². The molecule has 0 fully saturated rings. The van der Waals surface area contributed by atoms with Crippen molar-refractivity contribution in [3.8, 4) is 5.75 Å². The van der Waals surface area contributed by atoms with Gasteiger partial charge in [0.2, 0.25) is 5.76 Å². The maximum atomic E-state index is 11.4. The minimum Gasteiger partial charge on any atom is -0.508 e. The van der Waals surface area contributed by atoms with Crippen LogP contribution in [0.25, 0.3) is 0 Å². The van der Waals surface area contributed by atoms with Gasteiger partial charge in [-0.05, 0) is 23.8 Å². The van der Waals surface area contributed by atoms with Gasteiger partial charge in [-0.1, -0.05) is 12.1 Å². The lowest BCUT2D eigenvalue weighted by molar-refractivity contribution is 0.0563. The lowest BCUT2D eigenvalue weighted by Crippen LogP contribution is -2.14. The molecule has 0 aliphatic heterocycles. The fourth-order valence-corrected chi connectivity index (χ4v) is 1.70. The fourth-order valence-electron chi connectivity index (χ4n) is 1.70. The molecule has 0 amide bonds. The van der Waals surface area contributed by atoms with Crippen LogP contribution in [0.15, 0.2) is 41.0 Å². The summed E-state index contributed by atoms with van der Waals surface area (Å²) >= 11 is 0. The minimum absolute atomic E-state index is 0.223. The normalized spacial score (nSPS) is 10.4. The standard InChI is InChI=1S/C14H15NO4/c1-18-14(17)13-11(6-7-19-13)9-15-8-10-2-4-12(16)5-3-10/h2-7,15-16H,8-9H2,1H3. The molecular formula is C14H15NO4. The number of benzene rings is 1. The average molecular weight is 261 g/mol. The number of rotatable bonds is 5. The van der Waals surface area contributed by atoms with Crippen molar-refractivity contribution < 1.29 is 19.1 Å². The Hall–Kier alpha value is -2.27. The van der Waals surface area contributed by atoms with E-state index in [1.54, 1.807) is 18.2 Å². The van der Waals surface area contributed by atoms with Gasteiger partial charge in [-0.25, -0.2) is 4.79 Å². The number of nitrogens with one attached hydrogen (secondary N) is 1. The molecule has 0 spiro atoms. The van der Waals surface area contributed by atoms with E-state index in [1.807, 2.05) is 12.1 Å². The van der Waals surface area contributed by atoms with Crippen molar-refractivity contribution >= 4 is 5.97 Å². The van der Waals surface area contributed by atoms with Crippen molar-refractivity contribution in [3.63, 3.8) is 0 Å². The van der Waals surface area contributed by atoms with Gasteiger partial charge in [-0.2, -0.15) is 0 Å². The second-order valence-electron chi connectivity index (χ2n) is 4.04. The molecule has 0 aliphatic carbocycles. The van der Waals surface area contributed by atoms with Gasteiger partial charge in [0.1, 0.15) is 5.75 Å². The molecule has 1 aromatic heterocycles. The SMILES string of the molecule is COC(=O)c1occc1CNCc1ccc(O)cc1. The van der Waals surface area contributed by atoms with E-state index in [4.69, 9.17) is 4.42 Å². The lowest BCUT2D eigenvalue weighted by Gasteiger charge is -2.05. The van der Waals surface area contributed by atoms with Crippen molar-refractivity contribution in [1.82, 2.24) is 5.32 Å². The third-order valence-corrected chi connectivity index (χ3v) is 2.70. The van der Waals surface area contributed by atoms with E-state index >= 15 is 0 Å². The van der Waals surface area contributed by atoms with E-state index < -0.39 is 5.97 Å². The molecule has 2 rings (SSSR count). The summed E-state index contributed by atoms with van der Waals surface area (Å²) in [4.78, 5) is 11.4. The summed E-state index contributed by atoms with van der Waals surface area (Å²) in [5, 5.41) is 12.4. The number of phenolic OH excluding ortho intramolecular Hbond substituents is 1. The monoisotopic (exact) mass is 261 g/mol. The Morgan fingerprint density at radius 2 is 2.00 bits per heavy atom. The van der Waals surface area contributed by atoms with E-state index in [0.29, 0.717) is 13.1 Å². The van der Waals surface area contributed by atoms with E-state index in [-0.39, 0.29) is 11.5 Å². The van der Waals surface area contributed by atoms with Gasteiger partial charge in [0.25, 0.3) is 0 Å². The molecule has 1 heterocycles. The highest BCUT2D eigenvalue weighted by Gasteiger charge is 2.14. The first kappa shape index (κ1) is 13.2. The quantitative estimate of drug-likeness (QED) is 0.806. The molecular weight excluding hydrogens is 246 g/mol. The van der Waals surface area contributed by atoms with Gasteiger partial charge in [0.05, 0.1) is 13.4 Å². The zero-order valence-electron chi connectivity index (χ0n) is 10.6. The molecule has 1 aromatic carbocycles. The predicted molar refractivity (Wildman–Crippen MR) is 68.7 cm³/mol. The third kappa shape index (κ3) is 3.35. The Labute approximate surface area is 110 Å². The average Bonchev–Trinajstić information content (AvgIpc) is 2.88. The lowest BCUT2D eigenvalue weighted by atomic mass is 10.2. The molecule has 0 unspecified atom stereocenters. The smallest absolute Gasteiger partial charge is 0.374 e. The van der Waals surface area contributed by atoms with Crippen molar-refractivity contribution in [3.05, 3.63) is 53.5 Å². The molecule has 0 radical (unpaired) electrons. The molecule has 2 N–H and O–H groups in total. The summed E-state index contributed by atoms with van der Waals surface area (Å²) in [5.41, 5.74) is 1.80. The molecule has 0 atom stereocenters. The summed E-state index contributed by atoms with van der Waals surface area (Å²) in [6.45, 7) is 1.13. The van der Waals surface area contributed by atoms with E-state index in [0.717, 1.165) is 11.1 Å². The zero-order valence-corrected chi connectivity index (χ0v) is 10.6. The van der Waals surface area contributed by atoms with Gasteiger partial charge >= 0.3 is 5.97 Å². The molecule has 0 aliphatic rings. The van der Waals surface area contributed by atoms with Crippen molar-refractivity contribution in [1.29, 1.82) is 0 Å². The molecule has 2 aromatic rings. The van der Waals surface area contributed by atoms with Crippen molar-refractivity contribution in [2.75, 3.05) is 7.11 Å². The highest BCUT2D eigenvalue weighted by atomic mass is 16.5. The first-order chi connectivity index (χ1) is 9.20.